The number of allylic oxidation sites excluding steroid dienone is 1. The van der Waals surface area contributed by atoms with Gasteiger partial charge in [-0.05, 0) is 43.7 Å². The van der Waals surface area contributed by atoms with Crippen molar-refractivity contribution in [1.29, 1.82) is 0 Å². The Morgan fingerprint density at radius 2 is 1.68 bits per heavy atom. The first kappa shape index (κ1) is 27.0. The van der Waals surface area contributed by atoms with Crippen molar-refractivity contribution in [2.75, 3.05) is 6.54 Å². The van der Waals surface area contributed by atoms with Crippen LogP contribution in [0.4, 0.5) is 8.78 Å². The molecule has 3 heterocycles. The smallest absolute Gasteiger partial charge is 0.276 e. The lowest BCUT2D eigenvalue weighted by Gasteiger charge is -2.25. The molecular weight excluding hydrogens is 496 g/mol. The molecule has 1 aliphatic carbocycles. The van der Waals surface area contributed by atoms with Crippen LogP contribution in [-0.2, 0) is 25.6 Å². The second-order valence-electron chi connectivity index (χ2n) is 9.36. The number of unbranched alkanes of at least 4 members (excludes halogenated alkanes) is 1. The standard InChI is InChI=1S/C25H31F2N9O2/c1-2-9-25(26,27)19-8-10-28-20(13-19)15-30-24(38)22-17-36(34-32-22)12-4-3-11-35-16-21(31-33-35)23(37)29-14-18-6-5-7-18/h2,8,10,13,16-18H,1,3-7,9,11-12,14-15H2,(H,29,37)(H,30,38). The molecule has 1 aliphatic rings. The molecule has 2 N–H and O–H groups in total. The Labute approximate surface area is 218 Å². The molecule has 4 rings (SSSR count). The van der Waals surface area contributed by atoms with Gasteiger partial charge in [0.1, 0.15) is 0 Å². The molecule has 202 valence electrons. The molecule has 0 radical (unpaired) electrons. The van der Waals surface area contributed by atoms with Crippen LogP contribution in [0.5, 0.6) is 0 Å². The van der Waals surface area contributed by atoms with E-state index in [-0.39, 0.29) is 23.7 Å². The summed E-state index contributed by atoms with van der Waals surface area (Å²) in [5.74, 6) is -3.15. The molecule has 3 aromatic rings. The average molecular weight is 528 g/mol. The molecule has 0 atom stereocenters. The Bertz CT molecular complexity index is 1250. The third-order valence-electron chi connectivity index (χ3n) is 6.41. The number of hydrogen-bond donors (Lipinski definition) is 2. The number of pyridine rings is 1. The lowest BCUT2D eigenvalue weighted by molar-refractivity contribution is -0.00103. The Morgan fingerprint density at radius 1 is 1.05 bits per heavy atom. The summed E-state index contributed by atoms with van der Waals surface area (Å²) in [5.41, 5.74) is 0.548. The topological polar surface area (TPSA) is 133 Å². The van der Waals surface area contributed by atoms with Gasteiger partial charge in [0.15, 0.2) is 11.4 Å². The number of aromatic nitrogens is 7. The number of nitrogens with zero attached hydrogens (tertiary/aromatic N) is 7. The van der Waals surface area contributed by atoms with E-state index in [9.17, 15) is 18.4 Å². The maximum atomic E-state index is 14.1. The molecule has 0 bridgehead atoms. The fraction of sp³-hybridized carbons (Fsp3) is 0.480. The van der Waals surface area contributed by atoms with E-state index in [2.05, 4.69) is 42.8 Å². The van der Waals surface area contributed by atoms with Gasteiger partial charge in [-0.15, -0.1) is 16.8 Å². The van der Waals surface area contributed by atoms with Gasteiger partial charge in [0.2, 0.25) is 0 Å². The third-order valence-corrected chi connectivity index (χ3v) is 6.41. The van der Waals surface area contributed by atoms with Crippen molar-refractivity contribution >= 4 is 11.8 Å². The zero-order chi connectivity index (χ0) is 27.0. The highest BCUT2D eigenvalue weighted by Crippen LogP contribution is 2.31. The fourth-order valence-electron chi connectivity index (χ4n) is 3.96. The molecule has 38 heavy (non-hydrogen) atoms. The zero-order valence-corrected chi connectivity index (χ0v) is 21.0. The second-order valence-corrected chi connectivity index (χ2v) is 9.36. The summed E-state index contributed by atoms with van der Waals surface area (Å²) < 4.78 is 31.4. The molecule has 1 fully saturated rings. The quantitative estimate of drug-likeness (QED) is 0.243. The summed E-state index contributed by atoms with van der Waals surface area (Å²) in [6, 6.07) is 2.51. The highest BCUT2D eigenvalue weighted by Gasteiger charge is 2.30. The van der Waals surface area contributed by atoms with Gasteiger partial charge >= 0.3 is 0 Å². The van der Waals surface area contributed by atoms with Crippen molar-refractivity contribution < 1.29 is 18.4 Å². The summed E-state index contributed by atoms with van der Waals surface area (Å²) in [5, 5.41) is 21.3. The zero-order valence-electron chi connectivity index (χ0n) is 21.0. The summed E-state index contributed by atoms with van der Waals surface area (Å²) in [7, 11) is 0. The van der Waals surface area contributed by atoms with E-state index in [1.54, 1.807) is 15.6 Å². The number of halogens is 2. The number of hydrogen-bond acceptors (Lipinski definition) is 7. The molecule has 13 heteroatoms. The number of nitrogens with one attached hydrogen (secondary N) is 2. The molecular formula is C25H31F2N9O2. The average Bonchev–Trinajstić information content (AvgIpc) is 3.54. The Kier molecular flexibility index (Phi) is 8.87. The maximum Gasteiger partial charge on any atom is 0.276 e. The van der Waals surface area contributed by atoms with E-state index in [0.29, 0.717) is 36.9 Å². The molecule has 2 amide bonds. The van der Waals surface area contributed by atoms with Crippen molar-refractivity contribution in [1.82, 2.24) is 45.6 Å². The van der Waals surface area contributed by atoms with Crippen molar-refractivity contribution in [2.24, 2.45) is 5.92 Å². The van der Waals surface area contributed by atoms with Crippen LogP contribution < -0.4 is 10.6 Å². The van der Waals surface area contributed by atoms with E-state index >= 15 is 0 Å². The Morgan fingerprint density at radius 3 is 2.26 bits per heavy atom. The maximum absolute atomic E-state index is 14.1. The Hall–Kier alpha value is -4.03. The minimum Gasteiger partial charge on any atom is -0.350 e. The van der Waals surface area contributed by atoms with E-state index in [0.717, 1.165) is 31.8 Å². The van der Waals surface area contributed by atoms with Crippen molar-refractivity contribution in [3.05, 3.63) is 66.0 Å². The van der Waals surface area contributed by atoms with Crippen molar-refractivity contribution in [3.8, 4) is 0 Å². The summed E-state index contributed by atoms with van der Waals surface area (Å²) >= 11 is 0. The van der Waals surface area contributed by atoms with Crippen LogP contribution in [0.2, 0.25) is 0 Å². The summed E-state index contributed by atoms with van der Waals surface area (Å²) in [6.07, 6.45) is 10.2. The largest absolute Gasteiger partial charge is 0.350 e. The van der Waals surface area contributed by atoms with Crippen LogP contribution in [0.25, 0.3) is 0 Å². The predicted octanol–water partition coefficient (Wildman–Crippen LogP) is 2.87. The van der Waals surface area contributed by atoms with Crippen LogP contribution in [0.15, 0.2) is 43.4 Å². The molecule has 3 aromatic heterocycles. The van der Waals surface area contributed by atoms with Crippen LogP contribution >= 0.6 is 0 Å². The lowest BCUT2D eigenvalue weighted by atomic mass is 9.85. The SMILES string of the molecule is C=CCC(F)(F)c1ccnc(CNC(=O)c2cn(CCCCn3cc(C(=O)NCC4CCC4)nn3)nn2)c1. The van der Waals surface area contributed by atoms with Gasteiger partial charge in [-0.3, -0.25) is 23.9 Å². The monoisotopic (exact) mass is 527 g/mol. The molecule has 0 aliphatic heterocycles. The molecule has 0 unspecified atom stereocenters. The fourth-order valence-corrected chi connectivity index (χ4v) is 3.96. The Balaban J connectivity index is 1.17. The highest BCUT2D eigenvalue weighted by atomic mass is 19.3. The molecule has 0 saturated heterocycles. The van der Waals surface area contributed by atoms with E-state index in [1.807, 2.05) is 0 Å². The first-order valence-corrected chi connectivity index (χ1v) is 12.6. The first-order valence-electron chi connectivity index (χ1n) is 12.6. The van der Waals surface area contributed by atoms with Gasteiger partial charge in [0, 0.05) is 37.8 Å². The van der Waals surface area contributed by atoms with E-state index < -0.39 is 18.3 Å². The highest BCUT2D eigenvalue weighted by molar-refractivity contribution is 5.92. The molecule has 11 nitrogen and oxygen atoms in total. The number of amides is 2. The van der Waals surface area contributed by atoms with Crippen molar-refractivity contribution in [3.63, 3.8) is 0 Å². The summed E-state index contributed by atoms with van der Waals surface area (Å²) in [4.78, 5) is 28.6. The number of rotatable bonds is 14. The van der Waals surface area contributed by atoms with Gasteiger partial charge in [-0.2, -0.15) is 0 Å². The number of aryl methyl sites for hydroxylation is 2. The second kappa shape index (κ2) is 12.5. The minimum absolute atomic E-state index is 0.0256. The van der Waals surface area contributed by atoms with E-state index in [1.165, 1.54) is 30.9 Å². The molecule has 0 spiro atoms. The van der Waals surface area contributed by atoms with Gasteiger partial charge in [0.05, 0.1) is 24.6 Å². The van der Waals surface area contributed by atoms with Gasteiger partial charge < -0.3 is 10.6 Å². The molecule has 0 aromatic carbocycles. The normalized spacial score (nSPS) is 13.6. The summed E-state index contributed by atoms with van der Waals surface area (Å²) in [6.45, 7) is 5.14. The third kappa shape index (κ3) is 7.26. The molecule has 1 saturated carbocycles. The van der Waals surface area contributed by atoms with Gasteiger partial charge in [-0.25, -0.2) is 8.78 Å². The van der Waals surface area contributed by atoms with Crippen molar-refractivity contribution in [2.45, 2.75) is 64.1 Å². The minimum atomic E-state index is -3.05. The lowest BCUT2D eigenvalue weighted by Crippen LogP contribution is -2.32. The number of carbonyl (C=O) groups excluding carboxylic acids is 2. The van der Waals surface area contributed by atoms with Crippen LogP contribution in [0.3, 0.4) is 0 Å². The van der Waals surface area contributed by atoms with Gasteiger partial charge in [0.25, 0.3) is 17.7 Å². The number of alkyl halides is 2. The van der Waals surface area contributed by atoms with Crippen LogP contribution in [0, 0.1) is 5.92 Å². The van der Waals surface area contributed by atoms with E-state index in [4.69, 9.17) is 0 Å². The van der Waals surface area contributed by atoms with Crippen LogP contribution in [0.1, 0.15) is 70.8 Å². The van der Waals surface area contributed by atoms with Gasteiger partial charge in [-0.1, -0.05) is 22.9 Å². The number of carbonyl (C=O) groups is 2. The van der Waals surface area contributed by atoms with Crippen LogP contribution in [-0.4, -0.2) is 53.3 Å². The first-order chi connectivity index (χ1) is 18.3. The predicted molar refractivity (Wildman–Crippen MR) is 133 cm³/mol.